The number of piperidine rings is 1. The second kappa shape index (κ2) is 8.03. The van der Waals surface area contributed by atoms with Crippen molar-refractivity contribution in [1.29, 1.82) is 0 Å². The Balaban J connectivity index is 1.33. The molecule has 4 aromatic rings. The van der Waals surface area contributed by atoms with Gasteiger partial charge in [-0.25, -0.2) is 4.98 Å². The van der Waals surface area contributed by atoms with Crippen molar-refractivity contribution in [3.63, 3.8) is 0 Å². The highest BCUT2D eigenvalue weighted by molar-refractivity contribution is 5.97. The molecular formula is C23H24N6O2. The Bertz CT molecular complexity index is 1240. The number of aromatic nitrogens is 5. The average Bonchev–Trinajstić information content (AvgIpc) is 3.43. The summed E-state index contributed by atoms with van der Waals surface area (Å²) in [6.45, 7) is 3.91. The summed E-state index contributed by atoms with van der Waals surface area (Å²) in [5.74, 6) is 1.24. The number of carbonyl (C=O) groups excluding carboxylic acids is 1. The summed E-state index contributed by atoms with van der Waals surface area (Å²) >= 11 is 0. The van der Waals surface area contributed by atoms with Crippen LogP contribution in [0.3, 0.4) is 0 Å². The predicted molar refractivity (Wildman–Crippen MR) is 116 cm³/mol. The van der Waals surface area contributed by atoms with Crippen molar-refractivity contribution in [1.82, 2.24) is 29.6 Å². The molecule has 0 aliphatic carbocycles. The molecule has 1 aliphatic rings. The summed E-state index contributed by atoms with van der Waals surface area (Å²) in [7, 11) is 2.14. The molecule has 5 heterocycles. The van der Waals surface area contributed by atoms with Crippen molar-refractivity contribution < 1.29 is 9.21 Å². The van der Waals surface area contributed by atoms with Crippen LogP contribution in [0.2, 0.25) is 0 Å². The fraction of sp³-hybridized carbons (Fsp3) is 0.348. The number of oxazole rings is 1. The van der Waals surface area contributed by atoms with Crippen molar-refractivity contribution in [2.45, 2.75) is 32.2 Å². The molecule has 4 aromatic heterocycles. The van der Waals surface area contributed by atoms with Gasteiger partial charge in [0.1, 0.15) is 5.69 Å². The molecule has 0 bridgehead atoms. The van der Waals surface area contributed by atoms with Gasteiger partial charge < -0.3 is 9.32 Å². The number of fused-ring (bicyclic) bond motifs is 1. The quantitative estimate of drug-likeness (QED) is 0.460. The van der Waals surface area contributed by atoms with E-state index < -0.39 is 0 Å². The number of nitrogens with zero attached hydrogens (tertiary/aromatic N) is 6. The van der Waals surface area contributed by atoms with E-state index in [-0.39, 0.29) is 12.2 Å². The van der Waals surface area contributed by atoms with Gasteiger partial charge in [0.25, 0.3) is 0 Å². The number of rotatable bonds is 5. The number of ketones is 1. The topological polar surface area (TPSA) is 89.9 Å². The minimum Gasteiger partial charge on any atom is -0.439 e. The summed E-state index contributed by atoms with van der Waals surface area (Å²) < 4.78 is 7.52. The highest BCUT2D eigenvalue weighted by Crippen LogP contribution is 2.24. The predicted octanol–water partition coefficient (Wildman–Crippen LogP) is 3.48. The second-order valence-electron chi connectivity index (χ2n) is 8.18. The van der Waals surface area contributed by atoms with Crippen molar-refractivity contribution in [2.24, 2.45) is 0 Å². The zero-order chi connectivity index (χ0) is 21.4. The van der Waals surface area contributed by atoms with Crippen LogP contribution < -0.4 is 0 Å². The number of hydrogen-bond acceptors (Lipinski definition) is 7. The second-order valence-corrected chi connectivity index (χ2v) is 8.18. The Kier molecular flexibility index (Phi) is 5.07. The molecule has 0 N–H and O–H groups in total. The van der Waals surface area contributed by atoms with E-state index in [0.29, 0.717) is 29.0 Å². The summed E-state index contributed by atoms with van der Waals surface area (Å²) in [5, 5.41) is 6.32. The van der Waals surface area contributed by atoms with Crippen molar-refractivity contribution in [3.8, 4) is 11.5 Å². The fourth-order valence-corrected chi connectivity index (χ4v) is 4.00. The lowest BCUT2D eigenvalue weighted by Crippen LogP contribution is -2.31. The Morgan fingerprint density at radius 1 is 1.06 bits per heavy atom. The lowest BCUT2D eigenvalue weighted by molar-refractivity contribution is 0.0991. The van der Waals surface area contributed by atoms with Crippen LogP contribution in [0.15, 0.2) is 47.5 Å². The molecule has 0 unspecified atom stereocenters. The first-order chi connectivity index (χ1) is 15.0. The lowest BCUT2D eigenvalue weighted by atomic mass is 10.1. The number of Topliss-reactive ketones (excluding diaryl/α,β-unsaturated/α-hetero) is 1. The van der Waals surface area contributed by atoms with Crippen molar-refractivity contribution >= 4 is 16.6 Å². The van der Waals surface area contributed by atoms with E-state index in [4.69, 9.17) is 4.42 Å². The normalized spacial score (nSPS) is 15.5. The van der Waals surface area contributed by atoms with Crippen LogP contribution in [0.1, 0.15) is 40.8 Å². The van der Waals surface area contributed by atoms with Crippen LogP contribution in [0, 0.1) is 6.92 Å². The molecule has 1 aliphatic heterocycles. The highest BCUT2D eigenvalue weighted by Gasteiger charge is 2.20. The molecule has 1 saturated heterocycles. The fourth-order valence-electron chi connectivity index (χ4n) is 4.00. The number of carbonyl (C=O) groups is 1. The van der Waals surface area contributed by atoms with Crippen molar-refractivity contribution in [3.05, 3.63) is 60.3 Å². The number of likely N-dealkylation sites (tertiary alicyclic amines) is 1. The van der Waals surface area contributed by atoms with Gasteiger partial charge in [-0.1, -0.05) is 0 Å². The monoisotopic (exact) mass is 416 g/mol. The molecule has 0 spiro atoms. The molecule has 158 valence electrons. The standard InChI is InChI=1S/C23H24N6O2/c1-15-24-13-23(31-15)21-8-16-7-19(25-10-17(16)11-26-21)9-22(30)18-12-27-29(14-18)20-3-5-28(2)6-4-20/h7-8,10-14,20H,3-6,9H2,1-2H3. The van der Waals surface area contributed by atoms with E-state index in [1.54, 1.807) is 31.7 Å². The molecule has 8 nitrogen and oxygen atoms in total. The number of hydrogen-bond donors (Lipinski definition) is 0. The molecule has 8 heteroatoms. The SMILES string of the molecule is Cc1ncc(-c2cc3cc(CC(=O)c4cnn(C5CCN(C)CC5)c4)ncc3cn2)o1. The molecule has 5 rings (SSSR count). The molecule has 0 amide bonds. The van der Waals surface area contributed by atoms with Crippen molar-refractivity contribution in [2.75, 3.05) is 20.1 Å². The summed E-state index contributed by atoms with van der Waals surface area (Å²) in [6, 6.07) is 4.23. The van der Waals surface area contributed by atoms with Gasteiger partial charge in [-0.2, -0.15) is 5.10 Å². The number of pyridine rings is 2. The first-order valence-electron chi connectivity index (χ1n) is 10.5. The third kappa shape index (κ3) is 4.11. The van der Waals surface area contributed by atoms with E-state index >= 15 is 0 Å². The van der Waals surface area contributed by atoms with E-state index in [1.165, 1.54) is 0 Å². The Morgan fingerprint density at radius 3 is 2.65 bits per heavy atom. The Labute approximate surface area is 179 Å². The Hall–Kier alpha value is -3.39. The molecule has 0 radical (unpaired) electrons. The van der Waals surface area contributed by atoms with E-state index in [2.05, 4.69) is 32.0 Å². The molecule has 0 atom stereocenters. The number of aryl methyl sites for hydroxylation is 1. The van der Waals surface area contributed by atoms with Gasteiger partial charge in [0.2, 0.25) is 0 Å². The van der Waals surface area contributed by atoms with Gasteiger partial charge in [-0.15, -0.1) is 0 Å². The minimum atomic E-state index is 0.0196. The van der Waals surface area contributed by atoms with Gasteiger partial charge in [0, 0.05) is 36.6 Å². The van der Waals surface area contributed by atoms with Crippen LogP contribution in [-0.2, 0) is 6.42 Å². The lowest BCUT2D eigenvalue weighted by Gasteiger charge is -2.28. The largest absolute Gasteiger partial charge is 0.439 e. The molecule has 31 heavy (non-hydrogen) atoms. The zero-order valence-electron chi connectivity index (χ0n) is 17.7. The van der Waals surface area contributed by atoms with Crippen LogP contribution in [-0.4, -0.2) is 55.6 Å². The molecule has 0 saturated carbocycles. The molecule has 0 aromatic carbocycles. The average molecular weight is 416 g/mol. The van der Waals surface area contributed by atoms with Crippen LogP contribution in [0.25, 0.3) is 22.2 Å². The summed E-state index contributed by atoms with van der Waals surface area (Å²) in [6.07, 6.45) is 11.1. The Morgan fingerprint density at radius 2 is 1.87 bits per heavy atom. The van der Waals surface area contributed by atoms with Crippen LogP contribution in [0.4, 0.5) is 0 Å². The van der Waals surface area contributed by atoms with Crippen LogP contribution >= 0.6 is 0 Å². The van der Waals surface area contributed by atoms with E-state index in [0.717, 1.165) is 42.4 Å². The third-order valence-electron chi connectivity index (χ3n) is 5.86. The molecule has 1 fully saturated rings. The maximum Gasteiger partial charge on any atom is 0.191 e. The maximum absolute atomic E-state index is 12.9. The third-order valence-corrected chi connectivity index (χ3v) is 5.86. The summed E-state index contributed by atoms with van der Waals surface area (Å²) in [4.78, 5) is 28.2. The maximum atomic E-state index is 12.9. The zero-order valence-corrected chi connectivity index (χ0v) is 17.7. The van der Waals surface area contributed by atoms with Crippen LogP contribution in [0.5, 0.6) is 0 Å². The van der Waals surface area contributed by atoms with Gasteiger partial charge in [-0.3, -0.25) is 19.4 Å². The minimum absolute atomic E-state index is 0.0196. The van der Waals surface area contributed by atoms with E-state index in [9.17, 15) is 4.79 Å². The molecular weight excluding hydrogens is 392 g/mol. The first-order valence-corrected chi connectivity index (χ1v) is 10.5. The van der Waals surface area contributed by atoms with Gasteiger partial charge in [0.15, 0.2) is 17.4 Å². The smallest absolute Gasteiger partial charge is 0.191 e. The first kappa shape index (κ1) is 19.6. The highest BCUT2D eigenvalue weighted by atomic mass is 16.4. The van der Waals surface area contributed by atoms with Gasteiger partial charge in [0.05, 0.1) is 30.4 Å². The summed E-state index contributed by atoms with van der Waals surface area (Å²) in [5.41, 5.74) is 2.06. The van der Waals surface area contributed by atoms with Gasteiger partial charge >= 0.3 is 0 Å². The van der Waals surface area contributed by atoms with Gasteiger partial charge in [-0.05, 0) is 50.5 Å². The van der Waals surface area contributed by atoms with E-state index in [1.807, 2.05) is 23.0 Å².